The van der Waals surface area contributed by atoms with Crippen molar-refractivity contribution >= 4 is 80.8 Å². The van der Waals surface area contributed by atoms with Crippen molar-refractivity contribution in [1.82, 2.24) is 0 Å². The Morgan fingerprint density at radius 1 is 0.238 bits per heavy atom. The lowest BCUT2D eigenvalue weighted by Gasteiger charge is -2.33. The van der Waals surface area contributed by atoms with Gasteiger partial charge in [0.25, 0.3) is 0 Å². The molecule has 4 heterocycles. The highest BCUT2D eigenvalue weighted by molar-refractivity contribution is 7.13. The lowest BCUT2D eigenvalue weighted by Crippen LogP contribution is -2.63. The van der Waals surface area contributed by atoms with Crippen LogP contribution in [0.2, 0.25) is 26.2 Å². The number of benzene rings is 13. The van der Waals surface area contributed by atoms with E-state index in [2.05, 4.69) is 312 Å². The summed E-state index contributed by atoms with van der Waals surface area (Å²) >= 11 is 0. The Balaban J connectivity index is 0.616. The first kappa shape index (κ1) is 82.8. The van der Waals surface area contributed by atoms with Gasteiger partial charge >= 0.3 is 0 Å². The third kappa shape index (κ3) is 13.1. The van der Waals surface area contributed by atoms with Gasteiger partial charge in [0.05, 0.1) is 0 Å². The molecule has 2 aromatic heterocycles. The maximum atomic E-state index is 7.46. The molecule has 6 aliphatic rings. The topological polar surface area (TPSA) is 26.3 Å². The van der Waals surface area contributed by atoms with Crippen molar-refractivity contribution in [3.63, 3.8) is 0 Å². The molecule has 0 radical (unpaired) electrons. The SMILES string of the molecule is CCCCCCCCC1(CCCCCCCC)c2ccccc2-c2ccc(-c3ccc4c(c3)C(C)(C)c3cc(-c5cc6c(c7c5oc5ccccc57)-c5ccc7c(c5[Si]6(C)C)[Si](C)(C)c5cc(-c6ccc8c(c6)C(C)(C)c6cc(-c9ccc%10c(c9)C(CCCCCCCC)(CCCCCCCC)c9ccccc9-%10)ccc6-8)c6c(oc8ccccc86)c5-7)ccc3-4)cc21. The van der Waals surface area contributed by atoms with Gasteiger partial charge in [0.15, 0.2) is 0 Å². The van der Waals surface area contributed by atoms with Crippen LogP contribution < -0.4 is 20.7 Å². The predicted octanol–water partition coefficient (Wildman–Crippen LogP) is 33.9. The van der Waals surface area contributed by atoms with Gasteiger partial charge in [0.1, 0.15) is 38.5 Å². The molecule has 0 spiro atoms. The van der Waals surface area contributed by atoms with Crippen LogP contribution in [0.1, 0.15) is 280 Å². The zero-order valence-corrected chi connectivity index (χ0v) is 79.6. The van der Waals surface area contributed by atoms with E-state index in [1.807, 2.05) is 0 Å². The van der Waals surface area contributed by atoms with Crippen LogP contribution in [-0.4, -0.2) is 16.1 Å². The van der Waals surface area contributed by atoms with Gasteiger partial charge in [-0.25, -0.2) is 0 Å². The minimum atomic E-state index is -2.56. The summed E-state index contributed by atoms with van der Waals surface area (Å²) in [6.45, 7) is 30.0. The molecule has 0 unspecified atom stereocenters. The minimum Gasteiger partial charge on any atom is -0.455 e. The van der Waals surface area contributed by atoms with Crippen molar-refractivity contribution in [2.45, 2.75) is 283 Å². The molecule has 21 rings (SSSR count). The van der Waals surface area contributed by atoms with E-state index in [-0.39, 0.29) is 21.7 Å². The van der Waals surface area contributed by atoms with Gasteiger partial charge in [-0.2, -0.15) is 0 Å². The fourth-order valence-electron chi connectivity index (χ4n) is 26.0. The minimum absolute atomic E-state index is 0.0291. The molecular weight excluding hydrogens is 1550 g/mol. The van der Waals surface area contributed by atoms with Gasteiger partial charge in [0, 0.05) is 54.3 Å². The molecule has 638 valence electrons. The number of rotatable bonds is 32. The Morgan fingerprint density at radius 3 is 0.952 bits per heavy atom. The summed E-state index contributed by atoms with van der Waals surface area (Å²) < 4.78 is 14.8. The highest BCUT2D eigenvalue weighted by Crippen LogP contribution is 2.61. The average Bonchev–Trinajstić information content (AvgIpc) is 1.50. The maximum Gasteiger partial charge on any atom is 0.143 e. The van der Waals surface area contributed by atoms with Gasteiger partial charge in [-0.1, -0.05) is 418 Å². The zero-order valence-electron chi connectivity index (χ0n) is 77.6. The number of hydrogen-bond acceptors (Lipinski definition) is 2. The van der Waals surface area contributed by atoms with Gasteiger partial charge in [-0.05, 0) is 240 Å². The lowest BCUT2D eigenvalue weighted by molar-refractivity contribution is 0.398. The van der Waals surface area contributed by atoms with Gasteiger partial charge in [0.2, 0.25) is 0 Å². The summed E-state index contributed by atoms with van der Waals surface area (Å²) in [4.78, 5) is 0. The molecule has 13 aromatic carbocycles. The second kappa shape index (κ2) is 32.6. The van der Waals surface area contributed by atoms with E-state index in [0.29, 0.717) is 0 Å². The fourth-order valence-corrected chi connectivity index (χ4v) is 34.4. The number of furan rings is 2. The summed E-state index contributed by atoms with van der Waals surface area (Å²) in [6, 6.07) is 92.3. The largest absolute Gasteiger partial charge is 0.455 e. The molecule has 4 aliphatic carbocycles. The van der Waals surface area contributed by atoms with Crippen molar-refractivity contribution in [3.8, 4) is 111 Å². The molecular formula is C122H130O2Si2. The van der Waals surface area contributed by atoms with Crippen LogP contribution in [-0.2, 0) is 21.7 Å². The first-order chi connectivity index (χ1) is 61.4. The van der Waals surface area contributed by atoms with Crippen molar-refractivity contribution in [1.29, 1.82) is 0 Å². The molecule has 126 heavy (non-hydrogen) atoms. The first-order valence-corrected chi connectivity index (χ1v) is 55.6. The van der Waals surface area contributed by atoms with Crippen molar-refractivity contribution in [2.75, 3.05) is 0 Å². The Hall–Kier alpha value is -10.1. The number of fused-ring (bicyclic) bond motifs is 27. The Kier molecular flexibility index (Phi) is 21.4. The van der Waals surface area contributed by atoms with Crippen molar-refractivity contribution < 1.29 is 8.83 Å². The summed E-state index contributed by atoms with van der Waals surface area (Å²) in [5.74, 6) is 0. The molecule has 0 atom stereocenters. The monoisotopic (exact) mass is 1680 g/mol. The molecule has 2 nitrogen and oxygen atoms in total. The number of unbranched alkanes of at least 4 members (excludes halogenated alkanes) is 20. The standard InChI is InChI=1S/C122H130O2Si2/c1-13-17-21-25-29-41-67-121(68-42-30-26-22-18-14-2)99-49-37-33-45-85(99)91-61-55-81(73-105(91)121)79-53-59-87-89-63-57-83(75-103(89)119(5,6)101(87)71-79)97-77-110-113(116-111(97)93-47-35-39-51-107(93)124-116)96-66-65-95-112-109(125(9,10)117(95)118(96)126(110,11)12)78-98(115-114(112)94-48-36-40-52-108(94)123-115)84-58-64-90-88-60-54-80(72-102(88)120(7,8)104(90)76-84)82-56-62-92-86-46-34-38-50-100(86)122(106(92)74-82,69-43-31-27-23-19-15-3)70-44-32-28-24-20-16-4/h33-40,45-66,71-78H,13-32,41-44,67-70H2,1-12H3. The van der Waals surface area contributed by atoms with E-state index < -0.39 is 16.1 Å². The molecule has 0 amide bonds. The van der Waals surface area contributed by atoms with E-state index in [9.17, 15) is 0 Å². The van der Waals surface area contributed by atoms with E-state index in [1.165, 1.54) is 345 Å². The van der Waals surface area contributed by atoms with Crippen LogP contribution in [0.15, 0.2) is 239 Å². The second-order valence-electron chi connectivity index (χ2n) is 41.6. The van der Waals surface area contributed by atoms with Crippen LogP contribution in [0.25, 0.3) is 155 Å². The molecule has 15 aromatic rings. The van der Waals surface area contributed by atoms with E-state index in [1.54, 1.807) is 32.6 Å². The summed E-state index contributed by atoms with van der Waals surface area (Å²) in [5, 5.41) is 11.1. The average molecular weight is 1680 g/mol. The Morgan fingerprint density at radius 2 is 0.532 bits per heavy atom. The van der Waals surface area contributed by atoms with Crippen LogP contribution in [0.3, 0.4) is 0 Å². The number of hydrogen-bond donors (Lipinski definition) is 0. The van der Waals surface area contributed by atoms with Crippen LogP contribution in [0.5, 0.6) is 0 Å². The predicted molar refractivity (Wildman–Crippen MR) is 547 cm³/mol. The maximum absolute atomic E-state index is 7.46. The van der Waals surface area contributed by atoms with Crippen LogP contribution >= 0.6 is 0 Å². The van der Waals surface area contributed by atoms with Crippen LogP contribution in [0.4, 0.5) is 0 Å². The number of para-hydroxylation sites is 2. The quantitative estimate of drug-likeness (QED) is 0.0310. The summed E-state index contributed by atoms with van der Waals surface area (Å²) in [5.41, 5.74) is 42.4. The van der Waals surface area contributed by atoms with E-state index in [4.69, 9.17) is 8.83 Å². The van der Waals surface area contributed by atoms with Crippen LogP contribution in [0, 0.1) is 0 Å². The third-order valence-electron chi connectivity index (χ3n) is 32.6. The molecule has 0 bridgehead atoms. The Bertz CT molecular complexity index is 6780. The van der Waals surface area contributed by atoms with E-state index in [0.717, 1.165) is 22.3 Å². The highest BCUT2D eigenvalue weighted by atomic mass is 28.3. The van der Waals surface area contributed by atoms with Gasteiger partial charge in [-0.15, -0.1) is 0 Å². The molecule has 0 fully saturated rings. The highest BCUT2D eigenvalue weighted by Gasteiger charge is 2.52. The second-order valence-corrected chi connectivity index (χ2v) is 50.2. The van der Waals surface area contributed by atoms with Gasteiger partial charge < -0.3 is 8.83 Å². The summed E-state index contributed by atoms with van der Waals surface area (Å²) in [6.07, 6.45) is 36.6. The molecule has 0 saturated heterocycles. The lowest BCUT2D eigenvalue weighted by atomic mass is 9.70. The molecule has 0 N–H and O–H groups in total. The van der Waals surface area contributed by atoms with Gasteiger partial charge in [-0.3, -0.25) is 0 Å². The van der Waals surface area contributed by atoms with Crippen molar-refractivity contribution in [2.24, 2.45) is 0 Å². The van der Waals surface area contributed by atoms with E-state index >= 15 is 0 Å². The third-order valence-corrected chi connectivity index (χ3v) is 39.9. The molecule has 2 aliphatic heterocycles. The molecule has 0 saturated carbocycles. The smallest absolute Gasteiger partial charge is 0.143 e. The zero-order chi connectivity index (χ0) is 86.2. The normalized spacial score (nSPS) is 15.8. The fraction of sp³-hybridized carbons (Fsp3) is 0.361. The molecule has 4 heteroatoms. The Labute approximate surface area is 753 Å². The first-order valence-electron chi connectivity index (χ1n) is 49.6. The van der Waals surface area contributed by atoms with Crippen molar-refractivity contribution in [3.05, 3.63) is 275 Å². The summed E-state index contributed by atoms with van der Waals surface area (Å²) in [7, 11) is -5.11.